The summed E-state index contributed by atoms with van der Waals surface area (Å²) < 4.78 is 6.03. The SMILES string of the molecule is COc1cc(Br)cc(NC(=O)CC2(N)CCCC2)c1. The number of hydrogen-bond acceptors (Lipinski definition) is 3. The van der Waals surface area contributed by atoms with E-state index in [-0.39, 0.29) is 11.4 Å². The van der Waals surface area contributed by atoms with Gasteiger partial charge in [0.15, 0.2) is 0 Å². The van der Waals surface area contributed by atoms with Crippen LogP contribution in [0.3, 0.4) is 0 Å². The Balaban J connectivity index is 2.00. The van der Waals surface area contributed by atoms with E-state index < -0.39 is 0 Å². The number of amides is 1. The summed E-state index contributed by atoms with van der Waals surface area (Å²) in [4.78, 5) is 12.0. The molecule has 0 spiro atoms. The first-order valence-corrected chi connectivity index (χ1v) is 7.23. The topological polar surface area (TPSA) is 64.3 Å². The van der Waals surface area contributed by atoms with E-state index in [2.05, 4.69) is 21.2 Å². The minimum atomic E-state index is -0.319. The zero-order valence-corrected chi connectivity index (χ0v) is 12.6. The Labute approximate surface area is 121 Å². The first kappa shape index (κ1) is 14.3. The number of anilines is 1. The summed E-state index contributed by atoms with van der Waals surface area (Å²) in [6.07, 6.45) is 4.48. The fourth-order valence-electron chi connectivity index (χ4n) is 2.53. The third-order valence-electron chi connectivity index (χ3n) is 3.50. The first-order chi connectivity index (χ1) is 9.00. The van der Waals surface area contributed by atoms with E-state index in [0.29, 0.717) is 12.2 Å². The second-order valence-corrected chi connectivity index (χ2v) is 6.09. The van der Waals surface area contributed by atoms with Gasteiger partial charge >= 0.3 is 0 Å². The molecule has 1 saturated carbocycles. The predicted octanol–water partition coefficient (Wildman–Crippen LogP) is 3.06. The Hall–Kier alpha value is -1.07. The molecule has 0 heterocycles. The van der Waals surface area contributed by atoms with E-state index in [1.165, 1.54) is 0 Å². The number of nitrogens with one attached hydrogen (secondary N) is 1. The smallest absolute Gasteiger partial charge is 0.226 e. The van der Waals surface area contributed by atoms with Gasteiger partial charge in [-0.3, -0.25) is 4.79 Å². The maximum Gasteiger partial charge on any atom is 0.226 e. The lowest BCUT2D eigenvalue weighted by Gasteiger charge is -2.22. The average Bonchev–Trinajstić information content (AvgIpc) is 2.74. The van der Waals surface area contributed by atoms with Gasteiger partial charge in [-0.25, -0.2) is 0 Å². The van der Waals surface area contributed by atoms with Gasteiger partial charge in [-0.2, -0.15) is 0 Å². The molecule has 1 amide bonds. The van der Waals surface area contributed by atoms with Gasteiger partial charge in [-0.05, 0) is 25.0 Å². The Morgan fingerprint density at radius 1 is 1.42 bits per heavy atom. The van der Waals surface area contributed by atoms with Crippen LogP contribution in [-0.4, -0.2) is 18.6 Å². The maximum atomic E-state index is 12.0. The molecule has 0 bridgehead atoms. The van der Waals surface area contributed by atoms with E-state index in [1.807, 2.05) is 12.1 Å². The van der Waals surface area contributed by atoms with Gasteiger partial charge in [0.25, 0.3) is 0 Å². The molecule has 104 valence electrons. The molecule has 0 aliphatic heterocycles. The highest BCUT2D eigenvalue weighted by atomic mass is 79.9. The van der Waals surface area contributed by atoms with Crippen molar-refractivity contribution in [2.24, 2.45) is 5.73 Å². The second kappa shape index (κ2) is 5.92. The minimum absolute atomic E-state index is 0.0375. The van der Waals surface area contributed by atoms with Crippen LogP contribution >= 0.6 is 15.9 Å². The zero-order chi connectivity index (χ0) is 13.9. The molecule has 0 radical (unpaired) electrons. The summed E-state index contributed by atoms with van der Waals surface area (Å²) in [7, 11) is 1.60. The summed E-state index contributed by atoms with van der Waals surface area (Å²) in [6, 6.07) is 5.48. The van der Waals surface area contributed by atoms with Gasteiger partial charge < -0.3 is 15.8 Å². The fraction of sp³-hybridized carbons (Fsp3) is 0.500. The summed E-state index contributed by atoms with van der Waals surface area (Å²) in [5.41, 5.74) is 6.61. The number of benzene rings is 1. The van der Waals surface area contributed by atoms with Gasteiger partial charge in [0.05, 0.1) is 7.11 Å². The lowest BCUT2D eigenvalue weighted by molar-refractivity contribution is -0.117. The van der Waals surface area contributed by atoms with Gasteiger partial charge in [0.1, 0.15) is 5.75 Å². The molecule has 1 aromatic rings. The monoisotopic (exact) mass is 326 g/mol. The van der Waals surface area contributed by atoms with Crippen molar-refractivity contribution in [1.82, 2.24) is 0 Å². The standard InChI is InChI=1S/C14H19BrN2O2/c1-19-12-7-10(15)6-11(8-12)17-13(18)9-14(16)4-2-3-5-14/h6-8H,2-5,9,16H2,1H3,(H,17,18). The third-order valence-corrected chi connectivity index (χ3v) is 3.96. The van der Waals surface area contributed by atoms with Crippen molar-refractivity contribution in [2.45, 2.75) is 37.6 Å². The lowest BCUT2D eigenvalue weighted by Crippen LogP contribution is -2.40. The summed E-state index contributed by atoms with van der Waals surface area (Å²) in [5, 5.41) is 2.88. The van der Waals surface area contributed by atoms with Crippen molar-refractivity contribution in [1.29, 1.82) is 0 Å². The number of hydrogen-bond donors (Lipinski definition) is 2. The van der Waals surface area contributed by atoms with E-state index in [4.69, 9.17) is 10.5 Å². The Kier molecular flexibility index (Phi) is 4.47. The maximum absolute atomic E-state index is 12.0. The number of ether oxygens (including phenoxy) is 1. The van der Waals surface area contributed by atoms with Crippen LogP contribution in [-0.2, 0) is 4.79 Å². The van der Waals surface area contributed by atoms with Gasteiger partial charge in [0, 0.05) is 28.2 Å². The van der Waals surface area contributed by atoms with E-state index in [1.54, 1.807) is 13.2 Å². The van der Waals surface area contributed by atoms with Crippen molar-refractivity contribution in [2.75, 3.05) is 12.4 Å². The van der Waals surface area contributed by atoms with Crippen molar-refractivity contribution in [3.05, 3.63) is 22.7 Å². The molecule has 0 atom stereocenters. The quantitative estimate of drug-likeness (QED) is 0.893. The van der Waals surface area contributed by atoms with Gasteiger partial charge in [0.2, 0.25) is 5.91 Å². The molecule has 5 heteroatoms. The number of methoxy groups -OCH3 is 1. The number of nitrogens with two attached hydrogens (primary N) is 1. The predicted molar refractivity (Wildman–Crippen MR) is 79.3 cm³/mol. The molecule has 1 aliphatic rings. The largest absolute Gasteiger partial charge is 0.497 e. The van der Waals surface area contributed by atoms with Crippen LogP contribution in [0.15, 0.2) is 22.7 Å². The lowest BCUT2D eigenvalue weighted by atomic mass is 9.94. The Morgan fingerprint density at radius 2 is 2.11 bits per heavy atom. The fourth-order valence-corrected chi connectivity index (χ4v) is 3.01. The summed E-state index contributed by atoms with van der Waals surface area (Å²) in [6.45, 7) is 0. The van der Waals surface area contributed by atoms with Gasteiger partial charge in [-0.15, -0.1) is 0 Å². The zero-order valence-electron chi connectivity index (χ0n) is 11.0. The summed E-state index contributed by atoms with van der Waals surface area (Å²) >= 11 is 3.39. The molecule has 0 unspecified atom stereocenters. The molecule has 0 saturated heterocycles. The van der Waals surface area contributed by atoms with E-state index >= 15 is 0 Å². The molecule has 1 aromatic carbocycles. The second-order valence-electron chi connectivity index (χ2n) is 5.17. The van der Waals surface area contributed by atoms with Crippen LogP contribution in [0.1, 0.15) is 32.1 Å². The van der Waals surface area contributed by atoms with Crippen molar-refractivity contribution in [3.63, 3.8) is 0 Å². The van der Waals surface area contributed by atoms with Crippen LogP contribution < -0.4 is 15.8 Å². The molecule has 2 rings (SSSR count). The van der Waals surface area contributed by atoms with Crippen LogP contribution in [0.2, 0.25) is 0 Å². The highest BCUT2D eigenvalue weighted by Gasteiger charge is 2.31. The van der Waals surface area contributed by atoms with Crippen molar-refractivity contribution >= 4 is 27.5 Å². The van der Waals surface area contributed by atoms with E-state index in [0.717, 1.165) is 35.8 Å². The van der Waals surface area contributed by atoms with Crippen LogP contribution in [0.4, 0.5) is 5.69 Å². The Bertz CT molecular complexity index is 471. The van der Waals surface area contributed by atoms with E-state index in [9.17, 15) is 4.79 Å². The number of halogens is 1. The number of carbonyl (C=O) groups is 1. The normalized spacial score (nSPS) is 17.2. The molecular formula is C14H19BrN2O2. The molecular weight excluding hydrogens is 308 g/mol. The third kappa shape index (κ3) is 3.94. The minimum Gasteiger partial charge on any atom is -0.497 e. The van der Waals surface area contributed by atoms with Crippen LogP contribution in [0.5, 0.6) is 5.75 Å². The molecule has 19 heavy (non-hydrogen) atoms. The van der Waals surface area contributed by atoms with Crippen LogP contribution in [0, 0.1) is 0 Å². The highest BCUT2D eigenvalue weighted by Crippen LogP contribution is 2.31. The van der Waals surface area contributed by atoms with Crippen LogP contribution in [0.25, 0.3) is 0 Å². The van der Waals surface area contributed by atoms with Crippen molar-refractivity contribution < 1.29 is 9.53 Å². The average molecular weight is 327 g/mol. The molecule has 0 aromatic heterocycles. The molecule has 3 N–H and O–H groups in total. The van der Waals surface area contributed by atoms with Crippen molar-refractivity contribution in [3.8, 4) is 5.75 Å². The Morgan fingerprint density at radius 3 is 2.74 bits per heavy atom. The summed E-state index contributed by atoms with van der Waals surface area (Å²) in [5.74, 6) is 0.664. The molecule has 1 aliphatic carbocycles. The number of carbonyl (C=O) groups excluding carboxylic acids is 1. The number of rotatable bonds is 4. The first-order valence-electron chi connectivity index (χ1n) is 6.44. The van der Waals surface area contributed by atoms with Gasteiger partial charge in [-0.1, -0.05) is 28.8 Å². The highest BCUT2D eigenvalue weighted by molar-refractivity contribution is 9.10. The molecule has 4 nitrogen and oxygen atoms in total. The molecule has 1 fully saturated rings.